The maximum atomic E-state index is 11.2. The van der Waals surface area contributed by atoms with E-state index in [9.17, 15) is 9.59 Å². The second-order valence-corrected chi connectivity index (χ2v) is 5.23. The smallest absolute Gasteiger partial charge is 0.422 e. The molecule has 0 aromatic rings. The highest BCUT2D eigenvalue weighted by Gasteiger charge is 2.15. The van der Waals surface area contributed by atoms with Crippen molar-refractivity contribution >= 4 is 11.9 Å². The summed E-state index contributed by atoms with van der Waals surface area (Å²) in [6, 6.07) is 0. The van der Waals surface area contributed by atoms with Gasteiger partial charge in [-0.15, -0.1) is 0 Å². The van der Waals surface area contributed by atoms with E-state index in [2.05, 4.69) is 10.9 Å². The zero-order chi connectivity index (χ0) is 15.4. The van der Waals surface area contributed by atoms with Crippen LogP contribution in [-0.2, 0) is 19.0 Å². The third-order valence-electron chi connectivity index (χ3n) is 1.93. The van der Waals surface area contributed by atoms with Crippen molar-refractivity contribution in [1.82, 2.24) is 10.9 Å². The van der Waals surface area contributed by atoms with Gasteiger partial charge in [0, 0.05) is 13.0 Å². The molecule has 0 unspecified atom stereocenters. The zero-order valence-corrected chi connectivity index (χ0v) is 12.8. The second kappa shape index (κ2) is 10.6. The Hall–Kier alpha value is -1.18. The van der Waals surface area contributed by atoms with Gasteiger partial charge < -0.3 is 14.2 Å². The normalized spacial score (nSPS) is 11.2. The van der Waals surface area contributed by atoms with Crippen molar-refractivity contribution in [3.63, 3.8) is 0 Å². The zero-order valence-electron chi connectivity index (χ0n) is 12.8. The highest BCUT2D eigenvalue weighted by Crippen LogP contribution is 2.05. The van der Waals surface area contributed by atoms with Gasteiger partial charge in [0.1, 0.15) is 11.4 Å². The number of ether oxygens (including phenoxy) is 3. The van der Waals surface area contributed by atoms with Crippen LogP contribution in [0.5, 0.6) is 0 Å². The number of ketones is 1. The van der Waals surface area contributed by atoms with Crippen LogP contribution in [0.2, 0.25) is 0 Å². The van der Waals surface area contributed by atoms with E-state index in [1.165, 1.54) is 6.92 Å². The van der Waals surface area contributed by atoms with Gasteiger partial charge in [0.25, 0.3) is 0 Å². The average Bonchev–Trinajstić information content (AvgIpc) is 2.28. The summed E-state index contributed by atoms with van der Waals surface area (Å²) in [5.41, 5.74) is 4.58. The molecule has 0 radical (unpaired) electrons. The standard InChI is InChI=1S/C13H26N2O5/c1-11(16)5-7-18-9-10-19-8-6-14-15-12(17)20-13(2,3)4/h14H,5-10H2,1-4H3,(H,15,17). The number of nitrogens with one attached hydrogen (secondary N) is 2. The third-order valence-corrected chi connectivity index (χ3v) is 1.93. The van der Waals surface area contributed by atoms with Crippen LogP contribution in [0, 0.1) is 0 Å². The van der Waals surface area contributed by atoms with Gasteiger partial charge >= 0.3 is 6.09 Å². The number of hydrogen-bond acceptors (Lipinski definition) is 6. The maximum Gasteiger partial charge on any atom is 0.422 e. The van der Waals surface area contributed by atoms with E-state index in [1.54, 1.807) is 20.8 Å². The Morgan fingerprint density at radius 3 is 2.15 bits per heavy atom. The number of hydrogen-bond donors (Lipinski definition) is 2. The first kappa shape index (κ1) is 18.8. The van der Waals surface area contributed by atoms with Crippen LogP contribution in [0.15, 0.2) is 0 Å². The Balaban J connectivity index is 3.25. The van der Waals surface area contributed by atoms with Crippen molar-refractivity contribution in [2.75, 3.05) is 33.0 Å². The molecule has 0 aliphatic carbocycles. The van der Waals surface area contributed by atoms with E-state index in [4.69, 9.17) is 14.2 Å². The van der Waals surface area contributed by atoms with Crippen molar-refractivity contribution in [2.24, 2.45) is 0 Å². The summed E-state index contributed by atoms with van der Waals surface area (Å²) in [5, 5.41) is 0. The van der Waals surface area contributed by atoms with Crippen molar-refractivity contribution in [3.05, 3.63) is 0 Å². The Morgan fingerprint density at radius 2 is 1.60 bits per heavy atom. The molecule has 0 aromatic carbocycles. The Bertz CT molecular complexity index is 289. The molecule has 1 amide bonds. The van der Waals surface area contributed by atoms with Crippen LogP contribution < -0.4 is 10.9 Å². The van der Waals surface area contributed by atoms with Crippen molar-refractivity contribution < 1.29 is 23.8 Å². The quantitative estimate of drug-likeness (QED) is 0.461. The van der Waals surface area contributed by atoms with Gasteiger partial charge in [-0.2, -0.15) is 0 Å². The lowest BCUT2D eigenvalue weighted by atomic mass is 10.2. The predicted molar refractivity (Wildman–Crippen MR) is 74.3 cm³/mol. The van der Waals surface area contributed by atoms with E-state index in [1.807, 2.05) is 0 Å². The van der Waals surface area contributed by atoms with Crippen LogP contribution in [0.25, 0.3) is 0 Å². The lowest BCUT2D eigenvalue weighted by Crippen LogP contribution is -2.42. The Labute approximate surface area is 120 Å². The number of hydrazine groups is 1. The molecule has 0 fully saturated rings. The van der Waals surface area contributed by atoms with E-state index in [0.29, 0.717) is 39.4 Å². The molecule has 0 heterocycles. The van der Waals surface area contributed by atoms with Gasteiger partial charge in [-0.3, -0.25) is 10.2 Å². The van der Waals surface area contributed by atoms with Gasteiger partial charge in [0.15, 0.2) is 0 Å². The number of rotatable bonds is 10. The SMILES string of the molecule is CC(=O)CCOCCOCCNNC(=O)OC(C)(C)C. The Morgan fingerprint density at radius 1 is 1.00 bits per heavy atom. The molecule has 0 aliphatic rings. The molecule has 0 saturated heterocycles. The van der Waals surface area contributed by atoms with Gasteiger partial charge in [-0.1, -0.05) is 0 Å². The van der Waals surface area contributed by atoms with Crippen LogP contribution in [0.3, 0.4) is 0 Å². The van der Waals surface area contributed by atoms with E-state index < -0.39 is 11.7 Å². The number of carbonyl (C=O) groups is 2. The molecular weight excluding hydrogens is 264 g/mol. The minimum absolute atomic E-state index is 0.114. The summed E-state index contributed by atoms with van der Waals surface area (Å²) in [6.45, 7) is 9.14. The topological polar surface area (TPSA) is 85.9 Å². The summed E-state index contributed by atoms with van der Waals surface area (Å²) in [4.78, 5) is 21.9. The van der Waals surface area contributed by atoms with Crippen molar-refractivity contribution in [2.45, 2.75) is 39.7 Å². The average molecular weight is 290 g/mol. The van der Waals surface area contributed by atoms with E-state index >= 15 is 0 Å². The largest absolute Gasteiger partial charge is 0.443 e. The van der Waals surface area contributed by atoms with Crippen molar-refractivity contribution in [3.8, 4) is 0 Å². The summed E-state index contributed by atoms with van der Waals surface area (Å²) < 4.78 is 15.5. The molecule has 0 aromatic heterocycles. The predicted octanol–water partition coefficient (Wildman–Crippen LogP) is 1.03. The molecule has 118 valence electrons. The number of amides is 1. The molecule has 2 N–H and O–H groups in total. The molecule has 0 bridgehead atoms. The first-order valence-corrected chi connectivity index (χ1v) is 6.68. The number of Topliss-reactive ketones (excluding diaryl/α,β-unsaturated/α-hetero) is 1. The fourth-order valence-corrected chi connectivity index (χ4v) is 1.10. The maximum absolute atomic E-state index is 11.2. The van der Waals surface area contributed by atoms with Gasteiger partial charge in [0.05, 0.1) is 26.4 Å². The van der Waals surface area contributed by atoms with Gasteiger partial charge in [0.2, 0.25) is 0 Å². The molecule has 7 nitrogen and oxygen atoms in total. The monoisotopic (exact) mass is 290 g/mol. The van der Waals surface area contributed by atoms with Gasteiger partial charge in [-0.05, 0) is 27.7 Å². The molecule has 0 saturated carbocycles. The first-order valence-electron chi connectivity index (χ1n) is 6.68. The first-order chi connectivity index (χ1) is 9.31. The lowest BCUT2D eigenvalue weighted by molar-refractivity contribution is -0.118. The number of carbonyl (C=O) groups excluding carboxylic acids is 2. The summed E-state index contributed by atoms with van der Waals surface area (Å²) in [7, 11) is 0. The summed E-state index contributed by atoms with van der Waals surface area (Å²) in [6.07, 6.45) is -0.0912. The molecule has 20 heavy (non-hydrogen) atoms. The van der Waals surface area contributed by atoms with Crippen LogP contribution in [0.1, 0.15) is 34.1 Å². The van der Waals surface area contributed by atoms with Crippen LogP contribution in [-0.4, -0.2) is 50.4 Å². The fraction of sp³-hybridized carbons (Fsp3) is 0.846. The fourth-order valence-electron chi connectivity index (χ4n) is 1.10. The molecule has 7 heteroatoms. The summed E-state index contributed by atoms with van der Waals surface area (Å²) >= 11 is 0. The third kappa shape index (κ3) is 14.9. The Kier molecular flexibility index (Phi) is 9.96. The van der Waals surface area contributed by atoms with E-state index in [0.717, 1.165) is 0 Å². The lowest BCUT2D eigenvalue weighted by Gasteiger charge is -2.19. The molecule has 0 atom stereocenters. The highest BCUT2D eigenvalue weighted by molar-refractivity contribution is 5.75. The minimum atomic E-state index is -0.523. The van der Waals surface area contributed by atoms with Crippen LogP contribution in [0.4, 0.5) is 4.79 Å². The second-order valence-electron chi connectivity index (χ2n) is 5.23. The van der Waals surface area contributed by atoms with Crippen LogP contribution >= 0.6 is 0 Å². The molecule has 0 aliphatic heterocycles. The summed E-state index contributed by atoms with van der Waals surface area (Å²) in [5.74, 6) is 0.114. The minimum Gasteiger partial charge on any atom is -0.443 e. The molecule has 0 rings (SSSR count). The molecular formula is C13H26N2O5. The van der Waals surface area contributed by atoms with E-state index in [-0.39, 0.29) is 5.78 Å². The van der Waals surface area contributed by atoms with Gasteiger partial charge in [-0.25, -0.2) is 10.2 Å². The molecule has 0 spiro atoms. The highest BCUT2D eigenvalue weighted by atomic mass is 16.6. The van der Waals surface area contributed by atoms with Crippen molar-refractivity contribution in [1.29, 1.82) is 0 Å².